The van der Waals surface area contributed by atoms with Gasteiger partial charge < -0.3 is 29.6 Å². The van der Waals surface area contributed by atoms with Crippen LogP contribution in [0.25, 0.3) is 0 Å². The Bertz CT molecular complexity index is 1190. The quantitative estimate of drug-likeness (QED) is 0.261. The molecule has 0 bridgehead atoms. The Morgan fingerprint density at radius 1 is 0.872 bits per heavy atom. The fraction of sp³-hybridized carbons (Fsp3) is 0.519. The third-order valence-corrected chi connectivity index (χ3v) is 7.60. The van der Waals surface area contributed by atoms with Gasteiger partial charge >= 0.3 is 23.9 Å². The molecule has 0 aromatic carbocycles. The van der Waals surface area contributed by atoms with Crippen LogP contribution in [0.1, 0.15) is 67.8 Å². The van der Waals surface area contributed by atoms with Crippen molar-refractivity contribution in [3.8, 4) is 0 Å². The van der Waals surface area contributed by atoms with Crippen LogP contribution in [-0.4, -0.2) is 56.7 Å². The van der Waals surface area contributed by atoms with E-state index >= 15 is 0 Å². The Labute approximate surface area is 230 Å². The Hall–Kier alpha value is -3.67. The van der Waals surface area contributed by atoms with E-state index in [9.17, 15) is 24.0 Å². The number of hydrogen-bond acceptors (Lipinski definition) is 11. The summed E-state index contributed by atoms with van der Waals surface area (Å²) in [6, 6.07) is 0. The molecule has 212 valence electrons. The van der Waals surface area contributed by atoms with Crippen LogP contribution in [0.2, 0.25) is 0 Å². The minimum absolute atomic E-state index is 0.0462. The minimum atomic E-state index is -1.46. The summed E-state index contributed by atoms with van der Waals surface area (Å²) in [6.45, 7) is 5.74. The lowest BCUT2D eigenvalue weighted by Gasteiger charge is -2.28. The molecule has 11 nitrogen and oxygen atoms in total. The maximum absolute atomic E-state index is 13.3. The molecule has 3 rings (SSSR count). The monoisotopic (exact) mass is 562 g/mol. The van der Waals surface area contributed by atoms with Crippen molar-refractivity contribution in [2.24, 2.45) is 5.92 Å². The second-order valence-electron chi connectivity index (χ2n) is 8.99. The Morgan fingerprint density at radius 2 is 1.46 bits per heavy atom. The highest BCUT2D eigenvalue weighted by Crippen LogP contribution is 2.38. The lowest BCUT2D eigenvalue weighted by molar-refractivity contribution is -0.153. The summed E-state index contributed by atoms with van der Waals surface area (Å²) in [5, 5.41) is 5.92. The number of nitrogens with one attached hydrogen (secondary N) is 2. The largest absolute Gasteiger partial charge is 0.465 e. The number of anilines is 1. The molecular formula is C27H34N2O9S. The molecule has 1 aliphatic heterocycles. The number of ether oxygens (including phenoxy) is 4. The fourth-order valence-electron chi connectivity index (χ4n) is 4.72. The zero-order chi connectivity index (χ0) is 28.7. The Kier molecular flexibility index (Phi) is 10.3. The number of carbonyl (C=O) groups excluding carboxylic acids is 5. The number of fused-ring (bicyclic) bond motifs is 1. The number of allylic oxidation sites excluding steroid dienone is 2. The van der Waals surface area contributed by atoms with Crippen molar-refractivity contribution in [2.45, 2.75) is 59.8 Å². The van der Waals surface area contributed by atoms with Crippen LogP contribution in [0.15, 0.2) is 22.5 Å². The van der Waals surface area contributed by atoms with Crippen molar-refractivity contribution in [1.82, 2.24) is 5.32 Å². The van der Waals surface area contributed by atoms with Gasteiger partial charge in [-0.3, -0.25) is 9.59 Å². The number of dihydropyridines is 1. The van der Waals surface area contributed by atoms with Gasteiger partial charge in [-0.15, -0.1) is 11.3 Å². The first-order valence-corrected chi connectivity index (χ1v) is 13.7. The number of hydrogen-bond donors (Lipinski definition) is 2. The number of amides is 1. The number of esters is 4. The van der Waals surface area contributed by atoms with Crippen LogP contribution >= 0.6 is 11.3 Å². The van der Waals surface area contributed by atoms with Crippen molar-refractivity contribution < 1.29 is 42.9 Å². The van der Waals surface area contributed by atoms with Crippen LogP contribution in [0.4, 0.5) is 5.00 Å². The molecule has 0 saturated carbocycles. The van der Waals surface area contributed by atoms with Crippen molar-refractivity contribution >= 4 is 46.1 Å². The molecule has 1 amide bonds. The molecule has 1 aromatic heterocycles. The van der Waals surface area contributed by atoms with Gasteiger partial charge in [-0.05, 0) is 58.9 Å². The topological polar surface area (TPSA) is 146 Å². The highest BCUT2D eigenvalue weighted by atomic mass is 32.1. The normalized spacial score (nSPS) is 15.5. The van der Waals surface area contributed by atoms with Crippen LogP contribution < -0.4 is 10.6 Å². The van der Waals surface area contributed by atoms with Gasteiger partial charge in [0.1, 0.15) is 10.9 Å². The van der Waals surface area contributed by atoms with Crippen molar-refractivity contribution in [2.75, 3.05) is 32.2 Å². The predicted molar refractivity (Wildman–Crippen MR) is 142 cm³/mol. The molecule has 1 aliphatic carbocycles. The molecule has 0 saturated heterocycles. The molecule has 0 radical (unpaired) electrons. The van der Waals surface area contributed by atoms with E-state index in [0.29, 0.717) is 28.4 Å². The number of aryl methyl sites for hydroxylation is 1. The lowest BCUT2D eigenvalue weighted by Crippen LogP contribution is -2.39. The van der Waals surface area contributed by atoms with Crippen molar-refractivity contribution in [1.29, 1.82) is 0 Å². The summed E-state index contributed by atoms with van der Waals surface area (Å²) < 4.78 is 20.5. The highest BCUT2D eigenvalue weighted by Gasteiger charge is 2.42. The van der Waals surface area contributed by atoms with Crippen LogP contribution in [0.3, 0.4) is 0 Å². The summed E-state index contributed by atoms with van der Waals surface area (Å²) in [5.74, 6) is -5.28. The van der Waals surface area contributed by atoms with Crippen LogP contribution in [0, 0.1) is 5.92 Å². The molecule has 2 aliphatic rings. The predicted octanol–water partition coefficient (Wildman–Crippen LogP) is 3.18. The third kappa shape index (κ3) is 6.67. The summed E-state index contributed by atoms with van der Waals surface area (Å²) >= 11 is 1.31. The first-order valence-electron chi connectivity index (χ1n) is 12.9. The number of carbonyl (C=O) groups is 5. The highest BCUT2D eigenvalue weighted by molar-refractivity contribution is 7.17. The first-order chi connectivity index (χ1) is 18.6. The standard InChI is InChI=1S/C27H34N2O9S/c1-6-36-25(32)19-14(3)28-15(4)20(26(33)37-7-2)22(19)27(34)38-13-18(30)29-23-21(24(31)35-5)16-11-9-8-10-12-17(16)39-23/h22,28H,6-13H2,1-5H3,(H,29,30). The van der Waals surface area contributed by atoms with Gasteiger partial charge in [-0.1, -0.05) is 6.42 Å². The van der Waals surface area contributed by atoms with Crippen LogP contribution in [-0.2, 0) is 51.0 Å². The fourth-order valence-corrected chi connectivity index (χ4v) is 6.01. The van der Waals surface area contributed by atoms with E-state index in [4.69, 9.17) is 18.9 Å². The first kappa shape index (κ1) is 29.9. The van der Waals surface area contributed by atoms with Gasteiger partial charge in [0.2, 0.25) is 0 Å². The summed E-state index contributed by atoms with van der Waals surface area (Å²) in [5.41, 5.74) is 1.62. The third-order valence-electron chi connectivity index (χ3n) is 6.40. The van der Waals surface area contributed by atoms with Gasteiger partial charge in [0.05, 0.1) is 37.0 Å². The van der Waals surface area contributed by atoms with E-state index in [2.05, 4.69) is 10.6 Å². The van der Waals surface area contributed by atoms with Gasteiger partial charge in [0.15, 0.2) is 6.61 Å². The molecular weight excluding hydrogens is 528 g/mol. The molecule has 2 heterocycles. The van der Waals surface area contributed by atoms with Crippen molar-refractivity contribution in [3.63, 3.8) is 0 Å². The van der Waals surface area contributed by atoms with E-state index in [1.54, 1.807) is 27.7 Å². The number of rotatable bonds is 9. The molecule has 0 fully saturated rings. The molecule has 0 unspecified atom stereocenters. The second-order valence-corrected chi connectivity index (χ2v) is 10.1. The molecule has 12 heteroatoms. The maximum atomic E-state index is 13.3. The van der Waals surface area contributed by atoms with Gasteiger partial charge in [-0.25, -0.2) is 14.4 Å². The Morgan fingerprint density at radius 3 is 2.03 bits per heavy atom. The van der Waals surface area contributed by atoms with E-state index in [0.717, 1.165) is 36.1 Å². The van der Waals surface area contributed by atoms with Gasteiger partial charge in [-0.2, -0.15) is 0 Å². The average Bonchev–Trinajstić information content (AvgIpc) is 3.06. The van der Waals surface area contributed by atoms with Crippen molar-refractivity contribution in [3.05, 3.63) is 38.5 Å². The number of thiophene rings is 1. The summed E-state index contributed by atoms with van der Waals surface area (Å²) in [4.78, 5) is 65.3. The van der Waals surface area contributed by atoms with E-state index in [1.807, 2.05) is 0 Å². The minimum Gasteiger partial charge on any atom is -0.465 e. The lowest BCUT2D eigenvalue weighted by atomic mass is 9.85. The molecule has 0 atom stereocenters. The maximum Gasteiger partial charge on any atom is 0.341 e. The Balaban J connectivity index is 1.83. The molecule has 0 spiro atoms. The van der Waals surface area contributed by atoms with Gasteiger partial charge in [0, 0.05) is 16.3 Å². The average molecular weight is 563 g/mol. The summed E-state index contributed by atoms with van der Waals surface area (Å²) in [7, 11) is 1.28. The summed E-state index contributed by atoms with van der Waals surface area (Å²) in [6.07, 6.45) is 4.48. The van der Waals surface area contributed by atoms with E-state index in [-0.39, 0.29) is 24.4 Å². The van der Waals surface area contributed by atoms with E-state index in [1.165, 1.54) is 18.4 Å². The zero-order valence-corrected chi connectivity index (χ0v) is 23.6. The zero-order valence-electron chi connectivity index (χ0n) is 22.8. The number of methoxy groups -OCH3 is 1. The van der Waals surface area contributed by atoms with Crippen LogP contribution in [0.5, 0.6) is 0 Å². The molecule has 1 aromatic rings. The molecule has 2 N–H and O–H groups in total. The van der Waals surface area contributed by atoms with E-state index < -0.39 is 42.3 Å². The molecule has 39 heavy (non-hydrogen) atoms. The second kappa shape index (κ2) is 13.4. The van der Waals surface area contributed by atoms with Gasteiger partial charge in [0.25, 0.3) is 5.91 Å². The SMILES string of the molecule is CCOC(=O)C1=C(C)NC(C)=C(C(=O)OCC)C1C(=O)OCC(=O)Nc1sc2c(c1C(=O)OC)CCCCC2. The smallest absolute Gasteiger partial charge is 0.341 e.